The molecule has 0 aromatic heterocycles. The van der Waals surface area contributed by atoms with Gasteiger partial charge < -0.3 is 49.4 Å². The number of carboxylic acid groups (broad SMARTS) is 2. The number of carboxylic acids is 2. The minimum atomic E-state index is -1.00. The Morgan fingerprint density at radius 1 is 0.769 bits per heavy atom. The summed E-state index contributed by atoms with van der Waals surface area (Å²) in [5.74, 6) is -1.97. The highest BCUT2D eigenvalue weighted by molar-refractivity contribution is 5.76. The predicted molar refractivity (Wildman–Crippen MR) is 98.2 cm³/mol. The maximum atomic E-state index is 10.2. The van der Waals surface area contributed by atoms with E-state index in [1.165, 1.54) is 0 Å². The molecule has 2 atom stereocenters. The highest BCUT2D eigenvalue weighted by Gasteiger charge is 2.10. The van der Waals surface area contributed by atoms with Crippen LogP contribution in [0, 0.1) is 0 Å². The summed E-state index contributed by atoms with van der Waals surface area (Å²) >= 11 is 0. The van der Waals surface area contributed by atoms with E-state index in [0.29, 0.717) is 38.8 Å². The molecule has 0 saturated carbocycles. The van der Waals surface area contributed by atoms with Gasteiger partial charge in [0.05, 0.1) is 0 Å². The molecule has 0 aliphatic carbocycles. The first-order valence-electron chi connectivity index (χ1n) is 7.44. The van der Waals surface area contributed by atoms with Gasteiger partial charge in [0.2, 0.25) is 0 Å². The Hall–Kier alpha value is -2.93. The maximum Gasteiger partial charge on any atom is 0.320 e. The second-order valence-electron chi connectivity index (χ2n) is 4.79. The van der Waals surface area contributed by atoms with Crippen LogP contribution in [-0.2, 0) is 14.4 Å². The zero-order valence-corrected chi connectivity index (χ0v) is 14.6. The molecule has 0 unspecified atom stereocenters. The Kier molecular flexibility index (Phi) is 19.8. The van der Waals surface area contributed by atoms with Gasteiger partial charge in [0, 0.05) is 13.1 Å². The summed E-state index contributed by atoms with van der Waals surface area (Å²) in [6.07, 6.45) is 1.91. The fourth-order valence-corrected chi connectivity index (χ4v) is 1.29. The number of hydrogen-bond donors (Lipinski definition) is 8. The summed E-state index contributed by atoms with van der Waals surface area (Å²) in [6.45, 7) is 2.84. The summed E-state index contributed by atoms with van der Waals surface area (Å²) in [5, 5.41) is 16.8. The lowest BCUT2D eigenvalue weighted by Crippen LogP contribution is -2.30. The molecule has 152 valence electrons. The van der Waals surface area contributed by atoms with Crippen molar-refractivity contribution in [2.24, 2.45) is 44.4 Å². The molecule has 13 heteroatoms. The first kappa shape index (κ1) is 27.9. The summed E-state index contributed by atoms with van der Waals surface area (Å²) in [5.41, 5.74) is 30.6. The van der Waals surface area contributed by atoms with Crippen LogP contribution in [0.25, 0.3) is 0 Å². The van der Waals surface area contributed by atoms with Crippen molar-refractivity contribution in [3.8, 4) is 0 Å². The van der Waals surface area contributed by atoms with Gasteiger partial charge in [-0.3, -0.25) is 19.6 Å². The smallest absolute Gasteiger partial charge is 0.320 e. The minimum absolute atomic E-state index is 0.0129. The van der Waals surface area contributed by atoms with Crippen molar-refractivity contribution in [1.29, 1.82) is 0 Å². The van der Waals surface area contributed by atoms with Gasteiger partial charge in [-0.1, -0.05) is 0 Å². The van der Waals surface area contributed by atoms with Gasteiger partial charge in [0.15, 0.2) is 11.9 Å². The number of aliphatic imine (C=N–C) groups is 2. The maximum absolute atomic E-state index is 10.2. The molecule has 0 saturated heterocycles. The van der Waals surface area contributed by atoms with Crippen molar-refractivity contribution >= 4 is 30.6 Å². The van der Waals surface area contributed by atoms with Crippen LogP contribution in [0.4, 0.5) is 0 Å². The van der Waals surface area contributed by atoms with E-state index < -0.39 is 24.0 Å². The third-order valence-electron chi connectivity index (χ3n) is 2.57. The first-order valence-corrected chi connectivity index (χ1v) is 7.44. The van der Waals surface area contributed by atoms with Crippen molar-refractivity contribution in [3.05, 3.63) is 0 Å². The van der Waals surface area contributed by atoms with Crippen LogP contribution in [0.5, 0.6) is 0 Å². The van der Waals surface area contributed by atoms with E-state index >= 15 is 0 Å². The van der Waals surface area contributed by atoms with Crippen LogP contribution in [0.1, 0.15) is 25.7 Å². The lowest BCUT2D eigenvalue weighted by Gasteiger charge is -2.03. The highest BCUT2D eigenvalue weighted by Crippen LogP contribution is 1.95. The van der Waals surface area contributed by atoms with E-state index in [-0.39, 0.29) is 11.9 Å². The number of rotatable bonds is 10. The molecule has 13 nitrogen and oxygen atoms in total. The molecular weight excluding hydrogens is 348 g/mol. The van der Waals surface area contributed by atoms with Crippen LogP contribution in [0.15, 0.2) is 9.98 Å². The van der Waals surface area contributed by atoms with E-state index in [4.69, 9.17) is 49.4 Å². The van der Waals surface area contributed by atoms with Gasteiger partial charge in [-0.15, -0.1) is 0 Å². The SMILES string of the molecule is C=O.NC(N)=NCCC[C@H](N)C(=O)O.NC(N)=NCCC[C@H](N)C(=O)O. The lowest BCUT2D eigenvalue weighted by atomic mass is 10.2. The molecule has 0 aliphatic rings. The molecule has 0 bridgehead atoms. The number of carbonyl (C=O) groups excluding carboxylic acids is 1. The van der Waals surface area contributed by atoms with Crippen LogP contribution in [-0.4, -0.2) is 66.0 Å². The van der Waals surface area contributed by atoms with E-state index in [2.05, 4.69) is 9.98 Å². The minimum Gasteiger partial charge on any atom is -0.480 e. The molecule has 0 heterocycles. The first-order chi connectivity index (χ1) is 12.1. The monoisotopic (exact) mass is 378 g/mol. The molecule has 0 spiro atoms. The standard InChI is InChI=1S/2C6H14N4O2.CH2O/c2*7-4(5(11)12)2-1-3-10-6(8)9;1-2/h2*4H,1-3,7H2,(H,11,12)(H4,8,9,10);1H2/t2*4-;/m00./s1. The van der Waals surface area contributed by atoms with Gasteiger partial charge in [-0.05, 0) is 25.7 Å². The van der Waals surface area contributed by atoms with Crippen LogP contribution >= 0.6 is 0 Å². The molecule has 0 aliphatic heterocycles. The quantitative estimate of drug-likeness (QED) is 0.106. The molecule has 14 N–H and O–H groups in total. The Morgan fingerprint density at radius 3 is 1.23 bits per heavy atom. The second-order valence-corrected chi connectivity index (χ2v) is 4.79. The number of nitrogens with two attached hydrogens (primary N) is 6. The molecule has 0 radical (unpaired) electrons. The van der Waals surface area contributed by atoms with Crippen LogP contribution in [0.2, 0.25) is 0 Å². The van der Waals surface area contributed by atoms with E-state index in [1.54, 1.807) is 0 Å². The summed E-state index contributed by atoms with van der Waals surface area (Å²) < 4.78 is 0. The van der Waals surface area contributed by atoms with Gasteiger partial charge in [0.1, 0.15) is 18.9 Å². The molecule has 0 fully saturated rings. The Bertz CT molecular complexity index is 410. The third-order valence-corrected chi connectivity index (χ3v) is 2.57. The van der Waals surface area contributed by atoms with Crippen molar-refractivity contribution < 1.29 is 24.6 Å². The molecule has 26 heavy (non-hydrogen) atoms. The molecule has 0 aromatic rings. The molecular formula is C13H30N8O5. The third kappa shape index (κ3) is 23.3. The highest BCUT2D eigenvalue weighted by atomic mass is 16.4. The second kappa shape index (κ2) is 18.4. The Labute approximate surface area is 151 Å². The summed E-state index contributed by atoms with van der Waals surface area (Å²) in [6, 6.07) is -1.64. The number of nitrogens with zero attached hydrogens (tertiary/aromatic N) is 2. The topological polar surface area (TPSA) is 273 Å². The van der Waals surface area contributed by atoms with Gasteiger partial charge in [-0.2, -0.15) is 0 Å². The van der Waals surface area contributed by atoms with Crippen molar-refractivity contribution in [2.75, 3.05) is 13.1 Å². The number of hydrogen-bond acceptors (Lipinski definition) is 7. The zero-order valence-electron chi connectivity index (χ0n) is 14.6. The Balaban J connectivity index is -0.000000371. The number of aliphatic carboxylic acids is 2. The zero-order chi connectivity index (χ0) is 21.1. The lowest BCUT2D eigenvalue weighted by molar-refractivity contribution is -0.139. The van der Waals surface area contributed by atoms with Crippen molar-refractivity contribution in [3.63, 3.8) is 0 Å². The van der Waals surface area contributed by atoms with Gasteiger partial charge in [-0.25, -0.2) is 0 Å². The Morgan fingerprint density at radius 2 is 1.04 bits per heavy atom. The van der Waals surface area contributed by atoms with Crippen LogP contribution < -0.4 is 34.4 Å². The fraction of sp³-hybridized carbons (Fsp3) is 0.615. The van der Waals surface area contributed by atoms with Crippen LogP contribution in [0.3, 0.4) is 0 Å². The molecule has 0 aromatic carbocycles. The van der Waals surface area contributed by atoms with E-state index in [9.17, 15) is 9.59 Å². The van der Waals surface area contributed by atoms with Gasteiger partial charge in [0.25, 0.3) is 0 Å². The van der Waals surface area contributed by atoms with E-state index in [1.807, 2.05) is 6.79 Å². The largest absolute Gasteiger partial charge is 0.480 e. The van der Waals surface area contributed by atoms with E-state index in [0.717, 1.165) is 0 Å². The van der Waals surface area contributed by atoms with Crippen molar-refractivity contribution in [2.45, 2.75) is 37.8 Å². The fourth-order valence-electron chi connectivity index (χ4n) is 1.29. The summed E-state index contributed by atoms with van der Waals surface area (Å²) in [4.78, 5) is 35.8. The van der Waals surface area contributed by atoms with Crippen molar-refractivity contribution in [1.82, 2.24) is 0 Å². The predicted octanol–water partition coefficient (Wildman–Crippen LogP) is -3.28. The average molecular weight is 378 g/mol. The van der Waals surface area contributed by atoms with Gasteiger partial charge >= 0.3 is 11.9 Å². The average Bonchev–Trinajstić information content (AvgIpc) is 2.57. The summed E-state index contributed by atoms with van der Waals surface area (Å²) in [7, 11) is 0. The molecule has 0 rings (SSSR count). The normalized spacial score (nSPS) is 11.3. The number of carbonyl (C=O) groups is 3. The number of guanidine groups is 2. The molecule has 0 amide bonds.